The van der Waals surface area contributed by atoms with Gasteiger partial charge in [-0.15, -0.1) is 0 Å². The molecule has 4 nitrogen and oxygen atoms in total. The molecule has 0 N–H and O–H groups in total. The van der Waals surface area contributed by atoms with Crippen LogP contribution in [0.3, 0.4) is 0 Å². The average Bonchev–Trinajstić information content (AvgIpc) is 2.90. The van der Waals surface area contributed by atoms with Gasteiger partial charge in [-0.1, -0.05) is 44.7 Å². The molecule has 2 atom stereocenters. The van der Waals surface area contributed by atoms with E-state index >= 15 is 0 Å². The molecule has 6 heteroatoms. The summed E-state index contributed by atoms with van der Waals surface area (Å²) in [6.45, 7) is 0. The first kappa shape index (κ1) is 14.3. The molecular weight excluding hydrogens is 390 g/mol. The predicted molar refractivity (Wildman–Crippen MR) is 83.4 cm³/mol. The molecule has 108 valence electrons. The van der Waals surface area contributed by atoms with Gasteiger partial charge >= 0.3 is 0 Å². The molecule has 2 unspecified atom stereocenters. The van der Waals surface area contributed by atoms with Crippen molar-refractivity contribution in [2.45, 2.75) is 43.0 Å². The molecule has 3 rings (SSSR count). The van der Waals surface area contributed by atoms with E-state index in [9.17, 15) is 10.1 Å². The molecule has 0 aliphatic heterocycles. The van der Waals surface area contributed by atoms with Crippen molar-refractivity contribution >= 4 is 37.5 Å². The Kier molecular flexibility index (Phi) is 3.79. The van der Waals surface area contributed by atoms with Crippen LogP contribution >= 0.6 is 31.9 Å². The van der Waals surface area contributed by atoms with Crippen molar-refractivity contribution in [1.29, 1.82) is 0 Å². The fraction of sp³-hybridized carbons (Fsp3) is 0.571. The molecule has 2 aliphatic carbocycles. The Balaban J connectivity index is 1.80. The first-order chi connectivity index (χ1) is 9.51. The molecule has 2 fully saturated rings. The summed E-state index contributed by atoms with van der Waals surface area (Å²) >= 11 is 7.06. The number of ether oxygens (including phenoxy) is 1. The summed E-state index contributed by atoms with van der Waals surface area (Å²) in [6.07, 6.45) is 6.01. The zero-order valence-electron chi connectivity index (χ0n) is 10.9. The van der Waals surface area contributed by atoms with E-state index in [0.29, 0.717) is 15.0 Å². The highest BCUT2D eigenvalue weighted by Gasteiger charge is 2.56. The molecule has 1 aromatic rings. The van der Waals surface area contributed by atoms with Gasteiger partial charge in [-0.05, 0) is 25.3 Å². The Bertz CT molecular complexity index is 543. The van der Waals surface area contributed by atoms with Gasteiger partial charge in [-0.2, -0.15) is 0 Å². The Morgan fingerprint density at radius 3 is 2.60 bits per heavy atom. The predicted octanol–water partition coefficient (Wildman–Crippen LogP) is 4.83. The third kappa shape index (κ3) is 2.37. The van der Waals surface area contributed by atoms with Crippen LogP contribution in [0.2, 0.25) is 0 Å². The first-order valence-corrected chi connectivity index (χ1v) is 8.48. The number of non-ortho nitro benzene ring substituents is 1. The lowest BCUT2D eigenvalue weighted by molar-refractivity contribution is -0.385. The van der Waals surface area contributed by atoms with Gasteiger partial charge in [0.1, 0.15) is 11.9 Å². The van der Waals surface area contributed by atoms with E-state index < -0.39 is 4.92 Å². The smallest absolute Gasteiger partial charge is 0.274 e. The molecule has 1 aromatic carbocycles. The van der Waals surface area contributed by atoms with Crippen LogP contribution in [0.5, 0.6) is 5.75 Å². The topological polar surface area (TPSA) is 52.4 Å². The molecule has 0 aromatic heterocycles. The van der Waals surface area contributed by atoms with E-state index in [0.717, 1.165) is 6.42 Å². The standard InChI is InChI=1S/C14H15Br2NO3/c15-9-5-10(17(18)19)7-11(6-9)20-13-8-12(16)14(13)3-1-2-4-14/h5-7,12-13H,1-4,8H2. The number of hydrogen-bond donors (Lipinski definition) is 0. The van der Waals surface area contributed by atoms with Gasteiger partial charge in [-0.25, -0.2) is 0 Å². The van der Waals surface area contributed by atoms with Gasteiger partial charge in [0.25, 0.3) is 5.69 Å². The van der Waals surface area contributed by atoms with Gasteiger partial charge in [0, 0.05) is 20.8 Å². The zero-order chi connectivity index (χ0) is 14.3. The maximum atomic E-state index is 10.9. The molecule has 2 saturated carbocycles. The second kappa shape index (κ2) is 5.30. The third-order valence-electron chi connectivity index (χ3n) is 4.57. The highest BCUT2D eigenvalue weighted by Crippen LogP contribution is 2.57. The normalized spacial score (nSPS) is 27.3. The third-order valence-corrected chi connectivity index (χ3v) is 6.31. The second-order valence-corrected chi connectivity index (χ2v) is 7.67. The number of hydrogen-bond acceptors (Lipinski definition) is 3. The van der Waals surface area contributed by atoms with Gasteiger partial charge in [0.2, 0.25) is 0 Å². The van der Waals surface area contributed by atoms with Crippen molar-refractivity contribution in [3.05, 3.63) is 32.8 Å². The minimum Gasteiger partial charge on any atom is -0.489 e. The molecule has 0 saturated heterocycles. The molecule has 0 bridgehead atoms. The van der Waals surface area contributed by atoms with Crippen LogP contribution in [0.1, 0.15) is 32.1 Å². The fourth-order valence-electron chi connectivity index (χ4n) is 3.42. The number of halogens is 2. The van der Waals surface area contributed by atoms with Crippen molar-refractivity contribution < 1.29 is 9.66 Å². The summed E-state index contributed by atoms with van der Waals surface area (Å²) < 4.78 is 6.74. The largest absolute Gasteiger partial charge is 0.489 e. The lowest BCUT2D eigenvalue weighted by atomic mass is 9.64. The van der Waals surface area contributed by atoms with Crippen LogP contribution in [-0.4, -0.2) is 15.9 Å². The molecule has 0 heterocycles. The molecule has 0 amide bonds. The molecule has 0 radical (unpaired) electrons. The van der Waals surface area contributed by atoms with Crippen LogP contribution < -0.4 is 4.74 Å². The van der Waals surface area contributed by atoms with Crippen molar-refractivity contribution in [2.75, 3.05) is 0 Å². The van der Waals surface area contributed by atoms with Gasteiger partial charge in [0.05, 0.1) is 11.0 Å². The maximum absolute atomic E-state index is 10.9. The van der Waals surface area contributed by atoms with E-state index in [1.54, 1.807) is 6.07 Å². The van der Waals surface area contributed by atoms with Crippen LogP contribution in [0.25, 0.3) is 0 Å². The second-order valence-electron chi connectivity index (χ2n) is 5.65. The number of nitro benzene ring substituents is 1. The number of rotatable bonds is 3. The highest BCUT2D eigenvalue weighted by atomic mass is 79.9. The Hall–Kier alpha value is -0.620. The van der Waals surface area contributed by atoms with Crippen LogP contribution in [0.4, 0.5) is 5.69 Å². The SMILES string of the molecule is O=[N+]([O-])c1cc(Br)cc(OC2CC(Br)C23CCCC3)c1. The number of benzene rings is 1. The Labute approximate surface area is 134 Å². The van der Waals surface area contributed by atoms with E-state index in [4.69, 9.17) is 4.74 Å². The van der Waals surface area contributed by atoms with Crippen molar-refractivity contribution in [3.63, 3.8) is 0 Å². The van der Waals surface area contributed by atoms with Gasteiger partial charge in [0.15, 0.2) is 0 Å². The summed E-state index contributed by atoms with van der Waals surface area (Å²) in [5.41, 5.74) is 0.293. The van der Waals surface area contributed by atoms with Crippen molar-refractivity contribution in [3.8, 4) is 5.75 Å². The first-order valence-electron chi connectivity index (χ1n) is 6.77. The number of alkyl halides is 1. The quantitative estimate of drug-likeness (QED) is 0.411. The van der Waals surface area contributed by atoms with Gasteiger partial charge < -0.3 is 4.74 Å². The molecule has 2 aliphatic rings. The van der Waals surface area contributed by atoms with E-state index in [2.05, 4.69) is 31.9 Å². The molecule has 20 heavy (non-hydrogen) atoms. The van der Waals surface area contributed by atoms with Crippen molar-refractivity contribution in [1.82, 2.24) is 0 Å². The fourth-order valence-corrected chi connectivity index (χ4v) is 4.97. The van der Waals surface area contributed by atoms with Crippen LogP contribution in [-0.2, 0) is 0 Å². The van der Waals surface area contributed by atoms with Crippen LogP contribution in [0, 0.1) is 15.5 Å². The van der Waals surface area contributed by atoms with Crippen LogP contribution in [0.15, 0.2) is 22.7 Å². The van der Waals surface area contributed by atoms with Crippen molar-refractivity contribution in [2.24, 2.45) is 5.41 Å². The van der Waals surface area contributed by atoms with E-state index in [1.807, 2.05) is 0 Å². The van der Waals surface area contributed by atoms with E-state index in [1.165, 1.54) is 37.8 Å². The summed E-state index contributed by atoms with van der Waals surface area (Å²) in [4.78, 5) is 11.0. The lowest BCUT2D eigenvalue weighted by Crippen LogP contribution is -2.55. The summed E-state index contributed by atoms with van der Waals surface area (Å²) in [5.74, 6) is 0.585. The number of nitrogens with zero attached hydrogens (tertiary/aromatic N) is 1. The van der Waals surface area contributed by atoms with E-state index in [-0.39, 0.29) is 17.2 Å². The Morgan fingerprint density at radius 1 is 1.30 bits per heavy atom. The zero-order valence-corrected chi connectivity index (χ0v) is 14.0. The summed E-state index contributed by atoms with van der Waals surface area (Å²) in [7, 11) is 0. The number of nitro groups is 1. The lowest BCUT2D eigenvalue weighted by Gasteiger charge is -2.51. The summed E-state index contributed by atoms with van der Waals surface area (Å²) in [6, 6.07) is 4.80. The van der Waals surface area contributed by atoms with Gasteiger partial charge in [-0.3, -0.25) is 10.1 Å². The molecule has 1 spiro atoms. The summed E-state index contributed by atoms with van der Waals surface area (Å²) in [5, 5.41) is 10.9. The maximum Gasteiger partial charge on any atom is 0.274 e. The average molecular weight is 405 g/mol. The highest BCUT2D eigenvalue weighted by molar-refractivity contribution is 9.10. The minimum atomic E-state index is -0.392. The Morgan fingerprint density at radius 2 is 2.00 bits per heavy atom. The minimum absolute atomic E-state index is 0.0598. The molecular formula is C14H15Br2NO3. The monoisotopic (exact) mass is 403 g/mol.